The molecule has 2 rings (SSSR count). The molecule has 0 radical (unpaired) electrons. The maximum atomic E-state index is 11.9. The molecule has 0 aliphatic rings. The van der Waals surface area contributed by atoms with Gasteiger partial charge in [-0.05, 0) is 52.8 Å². The van der Waals surface area contributed by atoms with Crippen molar-refractivity contribution in [2.45, 2.75) is 19.8 Å². The second-order valence-corrected chi connectivity index (χ2v) is 5.39. The van der Waals surface area contributed by atoms with E-state index in [1.165, 1.54) is 0 Å². The summed E-state index contributed by atoms with van der Waals surface area (Å²) in [5, 5.41) is 9.25. The molecule has 2 aromatic rings. The van der Waals surface area contributed by atoms with Crippen LogP contribution in [0.5, 0.6) is 5.75 Å². The highest BCUT2D eigenvalue weighted by Gasteiger charge is 2.12. The Bertz CT molecular complexity index is 618. The zero-order valence-electron chi connectivity index (χ0n) is 10.1. The van der Waals surface area contributed by atoms with Crippen molar-refractivity contribution in [3.8, 4) is 17.1 Å². The number of rotatable bonds is 2. The number of nitrogens with one attached hydrogen (secondary N) is 1. The third kappa shape index (κ3) is 2.55. The molecule has 0 amide bonds. The van der Waals surface area contributed by atoms with E-state index in [2.05, 4.69) is 9.97 Å². The first kappa shape index (κ1) is 13.1. The van der Waals surface area contributed by atoms with Crippen LogP contribution in [0.1, 0.15) is 25.5 Å². The summed E-state index contributed by atoms with van der Waals surface area (Å²) in [4.78, 5) is 19.1. The number of aromatic amines is 1. The van der Waals surface area contributed by atoms with Gasteiger partial charge in [-0.1, -0.05) is 13.8 Å². The first-order chi connectivity index (χ1) is 8.49. The highest BCUT2D eigenvalue weighted by atomic mass is 127. The van der Waals surface area contributed by atoms with Gasteiger partial charge < -0.3 is 10.1 Å². The van der Waals surface area contributed by atoms with Crippen molar-refractivity contribution in [3.05, 3.63) is 43.9 Å². The average Bonchev–Trinajstić information content (AvgIpc) is 2.33. The third-order valence-electron chi connectivity index (χ3n) is 2.58. The predicted molar refractivity (Wildman–Crippen MR) is 78.8 cm³/mol. The minimum atomic E-state index is -0.127. The van der Waals surface area contributed by atoms with E-state index >= 15 is 0 Å². The lowest BCUT2D eigenvalue weighted by Gasteiger charge is -2.09. The smallest absolute Gasteiger partial charge is 0.264 e. The van der Waals surface area contributed by atoms with E-state index in [0.717, 1.165) is 11.3 Å². The molecule has 2 N–H and O–H groups in total. The van der Waals surface area contributed by atoms with Crippen molar-refractivity contribution in [1.82, 2.24) is 9.97 Å². The molecule has 4 nitrogen and oxygen atoms in total. The van der Waals surface area contributed by atoms with Crippen LogP contribution in [0.3, 0.4) is 0 Å². The Labute approximate surface area is 118 Å². The van der Waals surface area contributed by atoms with Crippen molar-refractivity contribution in [2.75, 3.05) is 0 Å². The molecule has 0 atom stereocenters. The van der Waals surface area contributed by atoms with Crippen LogP contribution in [0.25, 0.3) is 11.4 Å². The summed E-state index contributed by atoms with van der Waals surface area (Å²) >= 11 is 2.02. The number of hydrogen-bond acceptors (Lipinski definition) is 3. The van der Waals surface area contributed by atoms with Crippen LogP contribution in [0.15, 0.2) is 29.1 Å². The number of aromatic hydroxyl groups is 1. The van der Waals surface area contributed by atoms with Gasteiger partial charge in [0.1, 0.15) is 11.6 Å². The highest BCUT2D eigenvalue weighted by molar-refractivity contribution is 14.1. The SMILES string of the molecule is CC(C)c1nc(-c2ccc(O)cc2)[nH]c(=O)c1I. The Hall–Kier alpha value is -1.37. The number of phenols is 1. The van der Waals surface area contributed by atoms with Crippen LogP contribution in [-0.4, -0.2) is 15.1 Å². The molecule has 94 valence electrons. The van der Waals surface area contributed by atoms with Gasteiger partial charge >= 0.3 is 0 Å². The Morgan fingerprint density at radius 2 is 1.89 bits per heavy atom. The Kier molecular flexibility index (Phi) is 3.70. The lowest BCUT2D eigenvalue weighted by atomic mass is 10.1. The largest absolute Gasteiger partial charge is 0.508 e. The molecule has 0 saturated carbocycles. The normalized spacial score (nSPS) is 10.9. The van der Waals surface area contributed by atoms with Crippen molar-refractivity contribution in [3.63, 3.8) is 0 Å². The lowest BCUT2D eigenvalue weighted by Crippen LogP contribution is -2.17. The first-order valence-electron chi connectivity index (χ1n) is 5.58. The molecule has 0 aliphatic carbocycles. The molecule has 0 aliphatic heterocycles. The molecule has 0 bridgehead atoms. The molecule has 5 heteroatoms. The summed E-state index contributed by atoms with van der Waals surface area (Å²) in [6, 6.07) is 6.60. The summed E-state index contributed by atoms with van der Waals surface area (Å²) in [7, 11) is 0. The summed E-state index contributed by atoms with van der Waals surface area (Å²) in [6.07, 6.45) is 0. The molecule has 1 heterocycles. The van der Waals surface area contributed by atoms with Crippen LogP contribution in [-0.2, 0) is 0 Å². The topological polar surface area (TPSA) is 66.0 Å². The maximum Gasteiger partial charge on any atom is 0.264 e. The summed E-state index contributed by atoms with van der Waals surface area (Å²) < 4.78 is 0.630. The van der Waals surface area contributed by atoms with Gasteiger partial charge in [-0.25, -0.2) is 4.98 Å². The molecule has 0 saturated heterocycles. The maximum absolute atomic E-state index is 11.9. The third-order valence-corrected chi connectivity index (χ3v) is 3.62. The number of nitrogens with zero attached hydrogens (tertiary/aromatic N) is 1. The number of H-pyrrole nitrogens is 1. The zero-order valence-corrected chi connectivity index (χ0v) is 12.2. The van der Waals surface area contributed by atoms with Crippen LogP contribution >= 0.6 is 22.6 Å². The van der Waals surface area contributed by atoms with Crippen molar-refractivity contribution < 1.29 is 5.11 Å². The van der Waals surface area contributed by atoms with E-state index in [9.17, 15) is 9.90 Å². The van der Waals surface area contributed by atoms with Gasteiger partial charge in [-0.3, -0.25) is 4.79 Å². The summed E-state index contributed by atoms with van der Waals surface area (Å²) in [5.41, 5.74) is 1.45. The van der Waals surface area contributed by atoms with E-state index < -0.39 is 0 Å². The molecule has 0 fully saturated rings. The van der Waals surface area contributed by atoms with E-state index in [-0.39, 0.29) is 17.2 Å². The van der Waals surface area contributed by atoms with E-state index in [1.807, 2.05) is 36.4 Å². The van der Waals surface area contributed by atoms with Gasteiger partial charge in [-0.2, -0.15) is 0 Å². The second-order valence-electron chi connectivity index (χ2n) is 4.32. The molecular weight excluding hydrogens is 343 g/mol. The fraction of sp³-hybridized carbons (Fsp3) is 0.231. The van der Waals surface area contributed by atoms with Crippen molar-refractivity contribution in [2.24, 2.45) is 0 Å². The Morgan fingerprint density at radius 1 is 1.28 bits per heavy atom. The van der Waals surface area contributed by atoms with E-state index in [4.69, 9.17) is 0 Å². The molecule has 0 unspecified atom stereocenters. The highest BCUT2D eigenvalue weighted by Crippen LogP contribution is 2.21. The van der Waals surface area contributed by atoms with Gasteiger partial charge in [0.25, 0.3) is 5.56 Å². The standard InChI is InChI=1S/C13H13IN2O2/c1-7(2)11-10(14)13(18)16-12(15-11)8-3-5-9(17)6-4-8/h3-7,17H,1-2H3,(H,15,16,18). The molecule has 0 spiro atoms. The van der Waals surface area contributed by atoms with Crippen molar-refractivity contribution in [1.29, 1.82) is 0 Å². The van der Waals surface area contributed by atoms with E-state index in [0.29, 0.717) is 9.39 Å². The number of halogens is 1. The monoisotopic (exact) mass is 356 g/mol. The van der Waals surface area contributed by atoms with E-state index in [1.54, 1.807) is 24.3 Å². The zero-order chi connectivity index (χ0) is 13.3. The summed E-state index contributed by atoms with van der Waals surface area (Å²) in [5.74, 6) is 0.912. The molecule has 1 aromatic carbocycles. The number of phenolic OH excluding ortho intramolecular Hbond substituents is 1. The lowest BCUT2D eigenvalue weighted by molar-refractivity contribution is 0.475. The number of hydrogen-bond donors (Lipinski definition) is 2. The Morgan fingerprint density at radius 3 is 2.44 bits per heavy atom. The molecule has 1 aromatic heterocycles. The minimum absolute atomic E-state index is 0.127. The van der Waals surface area contributed by atoms with Crippen LogP contribution < -0.4 is 5.56 Å². The number of aromatic nitrogens is 2. The van der Waals surface area contributed by atoms with Crippen LogP contribution in [0.4, 0.5) is 0 Å². The van der Waals surface area contributed by atoms with Gasteiger partial charge in [0, 0.05) is 5.56 Å². The fourth-order valence-corrected chi connectivity index (χ4v) is 2.49. The Balaban J connectivity index is 2.59. The second kappa shape index (κ2) is 5.09. The average molecular weight is 356 g/mol. The molecular formula is C13H13IN2O2. The van der Waals surface area contributed by atoms with Crippen LogP contribution in [0, 0.1) is 3.57 Å². The van der Waals surface area contributed by atoms with Crippen LogP contribution in [0.2, 0.25) is 0 Å². The van der Waals surface area contributed by atoms with Gasteiger partial charge in [0.15, 0.2) is 0 Å². The van der Waals surface area contributed by atoms with Gasteiger partial charge in [0.05, 0.1) is 9.26 Å². The number of benzene rings is 1. The first-order valence-corrected chi connectivity index (χ1v) is 6.66. The summed E-state index contributed by atoms with van der Waals surface area (Å²) in [6.45, 7) is 4.01. The van der Waals surface area contributed by atoms with Crippen molar-refractivity contribution >= 4 is 22.6 Å². The minimum Gasteiger partial charge on any atom is -0.508 e. The quantitative estimate of drug-likeness (QED) is 0.814. The predicted octanol–water partition coefficient (Wildman–Crippen LogP) is 2.87. The van der Waals surface area contributed by atoms with Gasteiger partial charge in [0.2, 0.25) is 0 Å². The fourth-order valence-electron chi connectivity index (χ4n) is 1.61. The molecule has 18 heavy (non-hydrogen) atoms. The van der Waals surface area contributed by atoms with Gasteiger partial charge in [-0.15, -0.1) is 0 Å².